The van der Waals surface area contributed by atoms with Gasteiger partial charge in [0.25, 0.3) is 0 Å². The average molecular weight is 423 g/mol. The zero-order valence-electron chi connectivity index (χ0n) is 16.7. The Hall–Kier alpha value is -3.51. The number of aromatic nitrogens is 3. The van der Waals surface area contributed by atoms with Crippen molar-refractivity contribution in [2.24, 2.45) is 0 Å². The van der Waals surface area contributed by atoms with E-state index in [0.29, 0.717) is 17.5 Å². The Morgan fingerprint density at radius 2 is 1.93 bits per heavy atom. The van der Waals surface area contributed by atoms with E-state index in [4.69, 9.17) is 15.8 Å². The van der Waals surface area contributed by atoms with Crippen LogP contribution in [-0.4, -0.2) is 39.7 Å². The monoisotopic (exact) mass is 422 g/mol. The zero-order chi connectivity index (χ0) is 21.5. The minimum absolute atomic E-state index is 0.129. The molecule has 0 saturated heterocycles. The lowest BCUT2D eigenvalue weighted by Gasteiger charge is -2.24. The predicted molar refractivity (Wildman–Crippen MR) is 117 cm³/mol. The van der Waals surface area contributed by atoms with Crippen molar-refractivity contribution in [3.05, 3.63) is 54.6 Å². The molecule has 0 radical (unpaired) electrons. The third-order valence-electron chi connectivity index (χ3n) is 4.42. The van der Waals surface area contributed by atoms with Crippen LogP contribution < -0.4 is 15.5 Å². The maximum Gasteiger partial charge on any atom is 0.240 e. The molecule has 2 aromatic carbocycles. The van der Waals surface area contributed by atoms with Crippen LogP contribution in [0, 0.1) is 11.3 Å². The molecule has 0 unspecified atom stereocenters. The smallest absolute Gasteiger partial charge is 0.240 e. The van der Waals surface area contributed by atoms with Crippen molar-refractivity contribution in [1.29, 1.82) is 5.26 Å². The number of anilines is 1. The second kappa shape index (κ2) is 9.80. The second-order valence-electron chi connectivity index (χ2n) is 6.40. The summed E-state index contributed by atoms with van der Waals surface area (Å²) in [6.45, 7) is 2.10. The molecule has 0 aliphatic carbocycles. The van der Waals surface area contributed by atoms with Crippen LogP contribution in [0.15, 0.2) is 59.8 Å². The predicted octanol–water partition coefficient (Wildman–Crippen LogP) is 3.09. The van der Waals surface area contributed by atoms with E-state index in [1.807, 2.05) is 54.6 Å². The summed E-state index contributed by atoms with van der Waals surface area (Å²) in [6, 6.07) is 18.7. The molecular formula is C21H22N6O2S. The number of thioether (sulfide) groups is 1. The van der Waals surface area contributed by atoms with Crippen molar-refractivity contribution >= 4 is 23.4 Å². The number of nitrogens with two attached hydrogens (primary N) is 1. The molecule has 1 amide bonds. The van der Waals surface area contributed by atoms with Gasteiger partial charge < -0.3 is 15.5 Å². The summed E-state index contributed by atoms with van der Waals surface area (Å²) in [5.41, 5.74) is 1.54. The van der Waals surface area contributed by atoms with Gasteiger partial charge in [0.1, 0.15) is 5.75 Å². The Morgan fingerprint density at radius 1 is 1.23 bits per heavy atom. The quantitative estimate of drug-likeness (QED) is 0.439. The van der Waals surface area contributed by atoms with E-state index in [-0.39, 0.29) is 12.3 Å². The van der Waals surface area contributed by atoms with Crippen LogP contribution in [0.25, 0.3) is 11.4 Å². The number of benzene rings is 2. The van der Waals surface area contributed by atoms with E-state index in [1.165, 1.54) is 16.4 Å². The van der Waals surface area contributed by atoms with Gasteiger partial charge in [0.15, 0.2) is 5.82 Å². The number of carbonyl (C=O) groups excluding carboxylic acids is 1. The summed E-state index contributed by atoms with van der Waals surface area (Å²) in [5, 5.41) is 17.2. The van der Waals surface area contributed by atoms with Gasteiger partial charge in [-0.25, -0.2) is 4.68 Å². The molecule has 0 aliphatic heterocycles. The highest BCUT2D eigenvalue weighted by molar-refractivity contribution is 8.00. The number of carbonyl (C=O) groups is 1. The molecule has 1 heterocycles. The number of methoxy groups -OCH3 is 1. The Balaban J connectivity index is 1.77. The van der Waals surface area contributed by atoms with E-state index in [1.54, 1.807) is 18.9 Å². The summed E-state index contributed by atoms with van der Waals surface area (Å²) in [7, 11) is 1.60. The lowest BCUT2D eigenvalue weighted by atomic mass is 10.2. The summed E-state index contributed by atoms with van der Waals surface area (Å²) >= 11 is 1.22. The van der Waals surface area contributed by atoms with Crippen LogP contribution in [0.4, 0.5) is 5.69 Å². The normalized spacial score (nSPS) is 11.5. The van der Waals surface area contributed by atoms with Gasteiger partial charge in [-0.15, -0.1) is 10.2 Å². The average Bonchev–Trinajstić information content (AvgIpc) is 3.14. The number of nitriles is 1. The molecule has 154 valence electrons. The largest absolute Gasteiger partial charge is 0.497 e. The number of hydrogen-bond acceptors (Lipinski definition) is 7. The van der Waals surface area contributed by atoms with Gasteiger partial charge in [0.05, 0.1) is 24.8 Å². The molecule has 0 fully saturated rings. The van der Waals surface area contributed by atoms with Gasteiger partial charge in [0, 0.05) is 17.8 Å². The molecule has 2 N–H and O–H groups in total. The minimum atomic E-state index is -0.473. The first-order valence-electron chi connectivity index (χ1n) is 9.30. The van der Waals surface area contributed by atoms with Crippen LogP contribution in [0.5, 0.6) is 5.75 Å². The highest BCUT2D eigenvalue weighted by atomic mass is 32.2. The minimum Gasteiger partial charge on any atom is -0.497 e. The van der Waals surface area contributed by atoms with Crippen molar-refractivity contribution in [2.45, 2.75) is 23.8 Å². The lowest BCUT2D eigenvalue weighted by molar-refractivity contribution is -0.117. The molecule has 9 heteroatoms. The molecule has 0 saturated carbocycles. The van der Waals surface area contributed by atoms with Crippen molar-refractivity contribution in [2.75, 3.05) is 24.4 Å². The number of amides is 1. The first-order valence-corrected chi connectivity index (χ1v) is 10.2. The van der Waals surface area contributed by atoms with Crippen molar-refractivity contribution in [1.82, 2.24) is 14.9 Å². The number of hydrogen-bond donors (Lipinski definition) is 1. The Morgan fingerprint density at radius 3 is 2.57 bits per heavy atom. The number of nitrogen functional groups attached to an aromatic ring is 1. The third kappa shape index (κ3) is 4.72. The second-order valence-corrected chi connectivity index (χ2v) is 7.71. The molecule has 1 atom stereocenters. The van der Waals surface area contributed by atoms with Gasteiger partial charge in [-0.05, 0) is 43.3 Å². The van der Waals surface area contributed by atoms with Crippen molar-refractivity contribution in [3.8, 4) is 23.2 Å². The molecule has 1 aromatic heterocycles. The SMILES string of the molecule is COc1ccc(-c2nnc(S[C@@H](C)C(=O)N(CCC#N)c3ccccc3)n2N)cc1. The molecule has 0 spiro atoms. The Bertz CT molecular complexity index is 1030. The molecule has 3 rings (SSSR count). The van der Waals surface area contributed by atoms with Crippen LogP contribution in [0.2, 0.25) is 0 Å². The zero-order valence-corrected chi connectivity index (χ0v) is 17.5. The van der Waals surface area contributed by atoms with Gasteiger partial charge >= 0.3 is 0 Å². The van der Waals surface area contributed by atoms with E-state index >= 15 is 0 Å². The van der Waals surface area contributed by atoms with Gasteiger partial charge in [-0.3, -0.25) is 4.79 Å². The Labute approximate surface area is 179 Å². The maximum absolute atomic E-state index is 13.1. The van der Waals surface area contributed by atoms with Crippen LogP contribution in [0.1, 0.15) is 13.3 Å². The van der Waals surface area contributed by atoms with Crippen molar-refractivity contribution < 1.29 is 9.53 Å². The number of nitrogens with zero attached hydrogens (tertiary/aromatic N) is 5. The topological polar surface area (TPSA) is 110 Å². The number of para-hydroxylation sites is 1. The first kappa shape index (κ1) is 21.2. The van der Waals surface area contributed by atoms with Gasteiger partial charge in [-0.2, -0.15) is 5.26 Å². The van der Waals surface area contributed by atoms with Gasteiger partial charge in [-0.1, -0.05) is 30.0 Å². The maximum atomic E-state index is 13.1. The summed E-state index contributed by atoms with van der Waals surface area (Å²) in [5.74, 6) is 7.28. The van der Waals surface area contributed by atoms with Gasteiger partial charge in [0.2, 0.25) is 11.1 Å². The number of rotatable bonds is 8. The van der Waals surface area contributed by atoms with E-state index in [2.05, 4.69) is 16.3 Å². The molecule has 0 bridgehead atoms. The van der Waals surface area contributed by atoms with E-state index in [9.17, 15) is 4.79 Å². The van der Waals surface area contributed by atoms with E-state index < -0.39 is 5.25 Å². The van der Waals surface area contributed by atoms with Crippen LogP contribution in [-0.2, 0) is 4.79 Å². The summed E-state index contributed by atoms with van der Waals surface area (Å²) in [4.78, 5) is 14.7. The first-order chi connectivity index (χ1) is 14.5. The number of ether oxygens (including phenoxy) is 1. The van der Waals surface area contributed by atoms with Crippen molar-refractivity contribution in [3.63, 3.8) is 0 Å². The Kier molecular flexibility index (Phi) is 6.93. The molecule has 0 aliphatic rings. The standard InChI is InChI=1S/C21H22N6O2S/c1-15(20(28)26(14-6-13-22)17-7-4-3-5-8-17)30-21-25-24-19(27(21)23)16-9-11-18(29-2)12-10-16/h3-5,7-12,15H,6,14,23H2,1-2H3/t15-/m0/s1. The highest BCUT2D eigenvalue weighted by Gasteiger charge is 2.25. The molecule has 3 aromatic rings. The summed E-state index contributed by atoms with van der Waals surface area (Å²) < 4.78 is 6.54. The fourth-order valence-corrected chi connectivity index (χ4v) is 3.69. The fraction of sp³-hybridized carbons (Fsp3) is 0.238. The highest BCUT2D eigenvalue weighted by Crippen LogP contribution is 2.28. The van der Waals surface area contributed by atoms with Crippen LogP contribution in [0.3, 0.4) is 0 Å². The summed E-state index contributed by atoms with van der Waals surface area (Å²) in [6.07, 6.45) is 0.243. The third-order valence-corrected chi connectivity index (χ3v) is 5.47. The lowest BCUT2D eigenvalue weighted by Crippen LogP contribution is -2.37. The van der Waals surface area contributed by atoms with Crippen LogP contribution >= 0.6 is 11.8 Å². The molecule has 8 nitrogen and oxygen atoms in total. The fourth-order valence-electron chi connectivity index (χ4n) is 2.86. The molecule has 30 heavy (non-hydrogen) atoms. The molecular weight excluding hydrogens is 400 g/mol. The van der Waals surface area contributed by atoms with E-state index in [0.717, 1.165) is 17.0 Å².